The lowest BCUT2D eigenvalue weighted by Crippen LogP contribution is -2.24. The highest BCUT2D eigenvalue weighted by atomic mass is 16.1. The van der Waals surface area contributed by atoms with Gasteiger partial charge in [-0.2, -0.15) is 0 Å². The van der Waals surface area contributed by atoms with Crippen molar-refractivity contribution < 1.29 is 4.79 Å². The predicted molar refractivity (Wildman–Crippen MR) is 108 cm³/mol. The number of anilines is 1. The summed E-state index contributed by atoms with van der Waals surface area (Å²) < 4.78 is 0. The maximum atomic E-state index is 12.3. The van der Waals surface area contributed by atoms with E-state index in [0.29, 0.717) is 24.6 Å². The zero-order valence-electron chi connectivity index (χ0n) is 15.2. The van der Waals surface area contributed by atoms with Crippen molar-refractivity contribution in [3.63, 3.8) is 0 Å². The highest BCUT2D eigenvalue weighted by Crippen LogP contribution is 2.18. The van der Waals surface area contributed by atoms with Gasteiger partial charge in [-0.25, -0.2) is 9.97 Å². The van der Waals surface area contributed by atoms with E-state index in [0.717, 1.165) is 17.5 Å². The quantitative estimate of drug-likeness (QED) is 0.464. The van der Waals surface area contributed by atoms with Gasteiger partial charge in [0, 0.05) is 48.6 Å². The number of aromatic amines is 1. The number of hydrogen-bond donors (Lipinski definition) is 3. The number of carbonyl (C=O) groups excluding carboxylic acids is 1. The molecule has 0 bridgehead atoms. The number of nitrogens with zero attached hydrogens (tertiary/aromatic N) is 3. The Bertz CT molecular complexity index is 1080. The van der Waals surface area contributed by atoms with Crippen LogP contribution in [0.1, 0.15) is 21.6 Å². The van der Waals surface area contributed by atoms with Crippen molar-refractivity contribution in [2.75, 3.05) is 11.9 Å². The van der Waals surface area contributed by atoms with E-state index in [4.69, 9.17) is 0 Å². The first-order chi connectivity index (χ1) is 13.8. The number of rotatable bonds is 7. The van der Waals surface area contributed by atoms with Gasteiger partial charge in [-0.1, -0.05) is 18.2 Å². The molecular formula is C21H20N6O. The monoisotopic (exact) mass is 372 g/mol. The minimum atomic E-state index is -0.237. The highest BCUT2D eigenvalue weighted by molar-refractivity contribution is 5.92. The zero-order valence-corrected chi connectivity index (χ0v) is 15.2. The van der Waals surface area contributed by atoms with Gasteiger partial charge < -0.3 is 15.6 Å². The van der Waals surface area contributed by atoms with Gasteiger partial charge in [0.05, 0.1) is 0 Å². The van der Waals surface area contributed by atoms with Gasteiger partial charge in [-0.05, 0) is 35.7 Å². The summed E-state index contributed by atoms with van der Waals surface area (Å²) in [5.41, 5.74) is 3.69. The number of para-hydroxylation sites is 1. The molecule has 0 aliphatic heterocycles. The molecule has 7 heteroatoms. The first-order valence-corrected chi connectivity index (χ1v) is 9.07. The van der Waals surface area contributed by atoms with Gasteiger partial charge in [-0.3, -0.25) is 9.78 Å². The highest BCUT2D eigenvalue weighted by Gasteiger charge is 2.09. The Balaban J connectivity index is 1.33. The van der Waals surface area contributed by atoms with Crippen molar-refractivity contribution in [1.82, 2.24) is 25.3 Å². The lowest BCUT2D eigenvalue weighted by Gasteiger charge is -2.08. The van der Waals surface area contributed by atoms with Gasteiger partial charge in [0.15, 0.2) is 0 Å². The number of benzene rings is 1. The molecule has 0 saturated carbocycles. The third-order valence-electron chi connectivity index (χ3n) is 4.48. The smallest absolute Gasteiger partial charge is 0.270 e. The molecule has 0 fully saturated rings. The average Bonchev–Trinajstić information content (AvgIpc) is 3.16. The topological polar surface area (TPSA) is 95.6 Å². The third kappa shape index (κ3) is 4.15. The SMILES string of the molecule is O=C(NCc1ccncc1)c1cc(NCCc2c[nH]c3ccccc23)ncn1. The van der Waals surface area contributed by atoms with E-state index < -0.39 is 0 Å². The van der Waals surface area contributed by atoms with Crippen molar-refractivity contribution >= 4 is 22.6 Å². The van der Waals surface area contributed by atoms with Crippen LogP contribution in [-0.2, 0) is 13.0 Å². The van der Waals surface area contributed by atoms with E-state index in [1.807, 2.05) is 30.5 Å². The van der Waals surface area contributed by atoms with Crippen molar-refractivity contribution in [3.8, 4) is 0 Å². The normalized spacial score (nSPS) is 10.7. The van der Waals surface area contributed by atoms with Crippen LogP contribution in [-0.4, -0.2) is 32.4 Å². The van der Waals surface area contributed by atoms with E-state index in [2.05, 4.69) is 42.7 Å². The van der Waals surface area contributed by atoms with Gasteiger partial charge in [0.1, 0.15) is 17.8 Å². The second kappa shape index (κ2) is 8.30. The Morgan fingerprint density at radius 1 is 1.07 bits per heavy atom. The fourth-order valence-corrected chi connectivity index (χ4v) is 3.02. The van der Waals surface area contributed by atoms with E-state index in [-0.39, 0.29) is 5.91 Å². The minimum Gasteiger partial charge on any atom is -0.370 e. The second-order valence-corrected chi connectivity index (χ2v) is 6.36. The molecule has 0 spiro atoms. The molecule has 0 aliphatic carbocycles. The number of hydrogen-bond acceptors (Lipinski definition) is 5. The molecule has 7 nitrogen and oxygen atoms in total. The summed E-state index contributed by atoms with van der Waals surface area (Å²) in [4.78, 5) is 27.8. The van der Waals surface area contributed by atoms with Crippen LogP contribution in [0.2, 0.25) is 0 Å². The molecule has 28 heavy (non-hydrogen) atoms. The van der Waals surface area contributed by atoms with Crippen molar-refractivity contribution in [3.05, 3.63) is 84.2 Å². The second-order valence-electron chi connectivity index (χ2n) is 6.36. The lowest BCUT2D eigenvalue weighted by atomic mass is 10.1. The van der Waals surface area contributed by atoms with Gasteiger partial charge >= 0.3 is 0 Å². The summed E-state index contributed by atoms with van der Waals surface area (Å²) in [6.07, 6.45) is 7.67. The largest absolute Gasteiger partial charge is 0.370 e. The Morgan fingerprint density at radius 3 is 2.82 bits per heavy atom. The van der Waals surface area contributed by atoms with Gasteiger partial charge in [0.25, 0.3) is 5.91 Å². The Morgan fingerprint density at radius 2 is 1.93 bits per heavy atom. The molecule has 0 atom stereocenters. The van der Waals surface area contributed by atoms with Crippen LogP contribution in [0, 0.1) is 0 Å². The molecule has 0 radical (unpaired) electrons. The molecule has 1 amide bonds. The van der Waals surface area contributed by atoms with Crippen LogP contribution < -0.4 is 10.6 Å². The molecule has 4 rings (SSSR count). The van der Waals surface area contributed by atoms with Gasteiger partial charge in [0.2, 0.25) is 0 Å². The van der Waals surface area contributed by atoms with Gasteiger partial charge in [-0.15, -0.1) is 0 Å². The molecule has 4 aromatic rings. The molecule has 0 unspecified atom stereocenters. The number of aromatic nitrogens is 4. The first-order valence-electron chi connectivity index (χ1n) is 9.07. The van der Waals surface area contributed by atoms with Crippen molar-refractivity contribution in [1.29, 1.82) is 0 Å². The molecule has 140 valence electrons. The third-order valence-corrected chi connectivity index (χ3v) is 4.48. The Kier molecular flexibility index (Phi) is 5.24. The predicted octanol–water partition coefficient (Wildman–Crippen LogP) is 2.94. The molecule has 3 heterocycles. The average molecular weight is 372 g/mol. The summed E-state index contributed by atoms with van der Waals surface area (Å²) in [7, 11) is 0. The Labute approximate surface area is 162 Å². The Hall–Kier alpha value is -3.74. The maximum absolute atomic E-state index is 12.3. The fourth-order valence-electron chi connectivity index (χ4n) is 3.02. The fraction of sp³-hybridized carbons (Fsp3) is 0.143. The summed E-state index contributed by atoms with van der Waals surface area (Å²) in [6, 6.07) is 13.6. The summed E-state index contributed by atoms with van der Waals surface area (Å²) >= 11 is 0. The number of carbonyl (C=O) groups is 1. The van der Waals surface area contributed by atoms with Crippen molar-refractivity contribution in [2.24, 2.45) is 0 Å². The molecular weight excluding hydrogens is 352 g/mol. The van der Waals surface area contributed by atoms with Crippen LogP contribution in [0.5, 0.6) is 0 Å². The van der Waals surface area contributed by atoms with E-state index >= 15 is 0 Å². The van der Waals surface area contributed by atoms with E-state index in [1.165, 1.54) is 17.3 Å². The maximum Gasteiger partial charge on any atom is 0.270 e. The van der Waals surface area contributed by atoms with E-state index in [1.54, 1.807) is 18.5 Å². The summed E-state index contributed by atoms with van der Waals surface area (Å²) in [5, 5.41) is 7.34. The number of nitrogens with one attached hydrogen (secondary N) is 3. The number of amides is 1. The molecule has 3 aromatic heterocycles. The molecule has 0 saturated heterocycles. The number of fused-ring (bicyclic) bond motifs is 1. The lowest BCUT2D eigenvalue weighted by molar-refractivity contribution is 0.0946. The standard InChI is InChI=1S/C21H20N6O/c28-21(25-12-15-5-8-22-9-6-15)19-11-20(27-14-26-19)23-10-7-16-13-24-18-4-2-1-3-17(16)18/h1-6,8-9,11,13-14,24H,7,10,12H2,(H,25,28)(H,23,26,27). The summed E-state index contributed by atoms with van der Waals surface area (Å²) in [6.45, 7) is 1.13. The number of H-pyrrole nitrogens is 1. The van der Waals surface area contributed by atoms with Crippen LogP contribution >= 0.6 is 0 Å². The van der Waals surface area contributed by atoms with Crippen LogP contribution in [0.15, 0.2) is 67.4 Å². The van der Waals surface area contributed by atoms with Crippen molar-refractivity contribution in [2.45, 2.75) is 13.0 Å². The molecule has 0 aliphatic rings. The molecule has 3 N–H and O–H groups in total. The zero-order chi connectivity index (χ0) is 19.2. The summed E-state index contributed by atoms with van der Waals surface area (Å²) in [5.74, 6) is 0.391. The van der Waals surface area contributed by atoms with Crippen LogP contribution in [0.4, 0.5) is 5.82 Å². The van der Waals surface area contributed by atoms with Crippen LogP contribution in [0.3, 0.4) is 0 Å². The number of pyridine rings is 1. The minimum absolute atomic E-state index is 0.237. The van der Waals surface area contributed by atoms with E-state index in [9.17, 15) is 4.79 Å². The molecule has 1 aromatic carbocycles. The first kappa shape index (κ1) is 17.7. The van der Waals surface area contributed by atoms with Crippen LogP contribution in [0.25, 0.3) is 10.9 Å².